The third kappa shape index (κ3) is 6.49. The number of carbonyl (C=O) groups is 2. The van der Waals surface area contributed by atoms with E-state index < -0.39 is 38.0 Å². The van der Waals surface area contributed by atoms with Gasteiger partial charge in [-0.2, -0.15) is 0 Å². The van der Waals surface area contributed by atoms with Crippen LogP contribution in [0.3, 0.4) is 0 Å². The normalized spacial score (nSPS) is 10.3. The number of carbonyl (C=O) groups excluding carboxylic acids is 2. The molecule has 0 radical (unpaired) electrons. The summed E-state index contributed by atoms with van der Waals surface area (Å²) in [6.07, 6.45) is 0. The van der Waals surface area contributed by atoms with Gasteiger partial charge in [0.15, 0.2) is 0 Å². The van der Waals surface area contributed by atoms with Crippen molar-refractivity contribution in [2.75, 3.05) is 24.3 Å². The number of ether oxygens (including phenoxy) is 1. The molecule has 0 bridgehead atoms. The first kappa shape index (κ1) is 30.3. The molecule has 192 valence electrons. The van der Waals surface area contributed by atoms with E-state index in [0.717, 1.165) is 24.3 Å². The van der Waals surface area contributed by atoms with E-state index in [2.05, 4.69) is 10.6 Å². The third-order valence-electron chi connectivity index (χ3n) is 4.72. The summed E-state index contributed by atoms with van der Waals surface area (Å²) in [5.74, 6) is -1.15. The molecule has 3 aromatic rings. The molecular formula is C22H22Cl2N4O7S. The van der Waals surface area contributed by atoms with Gasteiger partial charge in [0.25, 0.3) is 11.6 Å². The Morgan fingerprint density at radius 1 is 0.944 bits per heavy atom. The molecule has 0 heterocycles. The lowest BCUT2D eigenvalue weighted by Crippen LogP contribution is -2.25. The van der Waals surface area contributed by atoms with E-state index in [1.165, 1.54) is 25.3 Å². The van der Waals surface area contributed by atoms with Crippen LogP contribution in [-0.2, 0) is 14.6 Å². The van der Waals surface area contributed by atoms with Crippen molar-refractivity contribution in [2.45, 2.75) is 9.79 Å². The summed E-state index contributed by atoms with van der Waals surface area (Å²) in [7, 11) is -2.92. The minimum Gasteiger partial charge on any atom is -0.495 e. The number of amides is 2. The molecule has 0 atom stereocenters. The highest BCUT2D eigenvalue weighted by molar-refractivity contribution is 7.91. The fourth-order valence-corrected chi connectivity index (χ4v) is 4.58. The second kappa shape index (κ2) is 12.8. The van der Waals surface area contributed by atoms with Crippen molar-refractivity contribution in [3.63, 3.8) is 0 Å². The van der Waals surface area contributed by atoms with Gasteiger partial charge in [-0.05, 0) is 36.4 Å². The Balaban J connectivity index is 0.00000324. The van der Waals surface area contributed by atoms with E-state index in [9.17, 15) is 28.1 Å². The zero-order valence-corrected chi connectivity index (χ0v) is 21.1. The zero-order chi connectivity index (χ0) is 24.9. The molecule has 0 unspecified atom stereocenters. The van der Waals surface area contributed by atoms with Crippen molar-refractivity contribution in [3.8, 4) is 5.75 Å². The average Bonchev–Trinajstić information content (AvgIpc) is 2.84. The predicted molar refractivity (Wildman–Crippen MR) is 138 cm³/mol. The molecular weight excluding hydrogens is 535 g/mol. The van der Waals surface area contributed by atoms with E-state index >= 15 is 0 Å². The maximum atomic E-state index is 13.4. The van der Waals surface area contributed by atoms with Crippen LogP contribution in [0.5, 0.6) is 5.75 Å². The van der Waals surface area contributed by atoms with E-state index in [4.69, 9.17) is 10.5 Å². The lowest BCUT2D eigenvalue weighted by Gasteiger charge is -2.17. The first-order valence-electron chi connectivity index (χ1n) is 9.76. The number of anilines is 2. The number of halogens is 2. The first-order chi connectivity index (χ1) is 16.2. The quantitative estimate of drug-likeness (QED) is 0.279. The zero-order valence-electron chi connectivity index (χ0n) is 18.7. The van der Waals surface area contributed by atoms with E-state index in [1.54, 1.807) is 24.3 Å². The molecule has 0 spiro atoms. The van der Waals surface area contributed by atoms with Crippen LogP contribution in [0.15, 0.2) is 76.5 Å². The van der Waals surface area contributed by atoms with Gasteiger partial charge < -0.3 is 21.1 Å². The molecule has 3 rings (SSSR count). The number of methoxy groups -OCH3 is 1. The van der Waals surface area contributed by atoms with Gasteiger partial charge >= 0.3 is 0 Å². The molecule has 0 fully saturated rings. The SMILES string of the molecule is COc1ccccc1NC(=O)c1c(NC(=O)CN)cccc1S(=O)(=O)c1ccc([N+](=O)[O-])cc1.Cl.Cl. The van der Waals surface area contributed by atoms with Crippen LogP contribution in [0, 0.1) is 10.1 Å². The number of nitrogens with two attached hydrogens (primary N) is 1. The standard InChI is InChI=1S/C22H20N4O7S.2ClH/c1-33-18-7-3-2-5-16(18)25-22(28)21-17(24-20(27)13-23)6-4-8-19(21)34(31,32)15-11-9-14(10-12-15)26(29)30;;/h2-12H,13,23H2,1H3,(H,24,27)(H,25,28);2*1H. The topological polar surface area (TPSA) is 171 Å². The maximum absolute atomic E-state index is 13.4. The average molecular weight is 557 g/mol. The highest BCUT2D eigenvalue weighted by Gasteiger charge is 2.28. The van der Waals surface area contributed by atoms with Crippen molar-refractivity contribution >= 4 is 63.5 Å². The molecule has 4 N–H and O–H groups in total. The van der Waals surface area contributed by atoms with Gasteiger partial charge in [-0.3, -0.25) is 19.7 Å². The van der Waals surface area contributed by atoms with Gasteiger partial charge in [0, 0.05) is 12.1 Å². The van der Waals surface area contributed by atoms with Crippen molar-refractivity contribution in [2.24, 2.45) is 5.73 Å². The molecule has 2 amide bonds. The number of benzene rings is 3. The summed E-state index contributed by atoms with van der Waals surface area (Å²) in [6, 6.07) is 14.6. The minimum absolute atomic E-state index is 0. The van der Waals surface area contributed by atoms with Crippen LogP contribution in [-0.4, -0.2) is 38.8 Å². The van der Waals surface area contributed by atoms with Crippen molar-refractivity contribution in [1.82, 2.24) is 0 Å². The van der Waals surface area contributed by atoms with Crippen LogP contribution in [0.25, 0.3) is 0 Å². The summed E-state index contributed by atoms with van der Waals surface area (Å²) < 4.78 is 32.0. The Morgan fingerprint density at radius 3 is 2.14 bits per heavy atom. The fraction of sp³-hybridized carbons (Fsp3) is 0.0909. The Hall–Kier alpha value is -3.71. The monoisotopic (exact) mass is 556 g/mol. The number of non-ortho nitro benzene ring substituents is 1. The Kier molecular flexibility index (Phi) is 10.8. The maximum Gasteiger partial charge on any atom is 0.269 e. The molecule has 0 aliphatic rings. The lowest BCUT2D eigenvalue weighted by atomic mass is 10.1. The minimum atomic E-state index is -4.33. The second-order valence-corrected chi connectivity index (χ2v) is 8.76. The number of hydrogen-bond donors (Lipinski definition) is 3. The third-order valence-corrected chi connectivity index (χ3v) is 6.53. The molecule has 0 aromatic heterocycles. The largest absolute Gasteiger partial charge is 0.495 e. The molecule has 0 saturated heterocycles. The number of nitrogens with zero attached hydrogens (tertiary/aromatic N) is 1. The number of rotatable bonds is 8. The van der Waals surface area contributed by atoms with E-state index in [-0.39, 0.29) is 52.3 Å². The van der Waals surface area contributed by atoms with Crippen molar-refractivity contribution in [3.05, 3.63) is 82.4 Å². The van der Waals surface area contributed by atoms with Crippen LogP contribution >= 0.6 is 24.8 Å². The van der Waals surface area contributed by atoms with Gasteiger partial charge in [0.1, 0.15) is 5.75 Å². The van der Waals surface area contributed by atoms with Gasteiger partial charge in [-0.15, -0.1) is 24.8 Å². The van der Waals surface area contributed by atoms with Crippen LogP contribution in [0.1, 0.15) is 10.4 Å². The summed E-state index contributed by atoms with van der Waals surface area (Å²) in [5.41, 5.74) is 4.92. The number of nitrogens with one attached hydrogen (secondary N) is 2. The number of para-hydroxylation sites is 2. The summed E-state index contributed by atoms with van der Waals surface area (Å²) in [4.78, 5) is 34.8. The predicted octanol–water partition coefficient (Wildman–Crippen LogP) is 3.43. The highest BCUT2D eigenvalue weighted by Crippen LogP contribution is 2.32. The van der Waals surface area contributed by atoms with Gasteiger partial charge in [-0.25, -0.2) is 8.42 Å². The molecule has 36 heavy (non-hydrogen) atoms. The van der Waals surface area contributed by atoms with Crippen molar-refractivity contribution < 1.29 is 27.7 Å². The fourth-order valence-electron chi connectivity index (χ4n) is 3.10. The molecule has 3 aromatic carbocycles. The van der Waals surface area contributed by atoms with Crippen LogP contribution < -0.4 is 21.1 Å². The molecule has 0 aliphatic carbocycles. The number of nitro benzene ring substituents is 1. The number of nitro groups is 1. The lowest BCUT2D eigenvalue weighted by molar-refractivity contribution is -0.384. The van der Waals surface area contributed by atoms with Crippen molar-refractivity contribution in [1.29, 1.82) is 0 Å². The second-order valence-electron chi connectivity index (χ2n) is 6.84. The summed E-state index contributed by atoms with van der Waals surface area (Å²) in [6.45, 7) is -0.396. The summed E-state index contributed by atoms with van der Waals surface area (Å²) >= 11 is 0. The van der Waals surface area contributed by atoms with Crippen LogP contribution in [0.4, 0.5) is 17.1 Å². The van der Waals surface area contributed by atoms with Gasteiger partial charge in [0.05, 0.1) is 45.3 Å². The molecule has 0 saturated carbocycles. The number of hydrogen-bond acceptors (Lipinski definition) is 8. The Morgan fingerprint density at radius 2 is 1.56 bits per heavy atom. The van der Waals surface area contributed by atoms with Gasteiger partial charge in [0.2, 0.25) is 15.7 Å². The van der Waals surface area contributed by atoms with Crippen LogP contribution in [0.2, 0.25) is 0 Å². The van der Waals surface area contributed by atoms with Gasteiger partial charge in [-0.1, -0.05) is 18.2 Å². The summed E-state index contributed by atoms with van der Waals surface area (Å²) in [5, 5.41) is 16.0. The first-order valence-corrected chi connectivity index (χ1v) is 11.2. The smallest absolute Gasteiger partial charge is 0.269 e. The molecule has 0 aliphatic heterocycles. The van der Waals surface area contributed by atoms with E-state index in [0.29, 0.717) is 5.75 Å². The van der Waals surface area contributed by atoms with E-state index in [1.807, 2.05) is 0 Å². The Labute approximate surface area is 218 Å². The number of sulfone groups is 1. The Bertz CT molecular complexity index is 1370. The highest BCUT2D eigenvalue weighted by atomic mass is 35.5. The molecule has 14 heteroatoms. The molecule has 11 nitrogen and oxygen atoms in total.